The Morgan fingerprint density at radius 3 is 2.40 bits per heavy atom. The van der Waals surface area contributed by atoms with Crippen molar-refractivity contribution in [3.63, 3.8) is 0 Å². The summed E-state index contributed by atoms with van der Waals surface area (Å²) in [4.78, 5) is 37.0. The molecule has 2 rings (SSSR count). The predicted octanol–water partition coefficient (Wildman–Crippen LogP) is 0.613. The molecule has 112 valence electrons. The number of carboxylic acids is 1. The molecule has 2 fully saturated rings. The van der Waals surface area contributed by atoms with Gasteiger partial charge in [0.05, 0.1) is 5.92 Å². The zero-order valence-corrected chi connectivity index (χ0v) is 12.2. The van der Waals surface area contributed by atoms with Crippen LogP contribution in [0.3, 0.4) is 0 Å². The molecule has 0 spiro atoms. The summed E-state index contributed by atoms with van der Waals surface area (Å²) in [6.07, 6.45) is 2.22. The molecular weight excluding hydrogens is 260 g/mol. The second-order valence-corrected chi connectivity index (χ2v) is 6.82. The molecule has 2 unspecified atom stereocenters. The number of likely N-dealkylation sites (tertiary alicyclic amines) is 1. The van der Waals surface area contributed by atoms with Crippen molar-refractivity contribution in [3.05, 3.63) is 0 Å². The molecular formula is C14H22N2O4. The fraction of sp³-hybridized carbons (Fsp3) is 0.786. The lowest BCUT2D eigenvalue weighted by Crippen LogP contribution is -2.51. The molecule has 6 heteroatoms. The van der Waals surface area contributed by atoms with Gasteiger partial charge in [-0.2, -0.15) is 0 Å². The van der Waals surface area contributed by atoms with Crippen LogP contribution in [0.1, 0.15) is 40.0 Å². The van der Waals surface area contributed by atoms with E-state index in [9.17, 15) is 19.5 Å². The van der Waals surface area contributed by atoms with Gasteiger partial charge in [-0.3, -0.25) is 9.59 Å². The van der Waals surface area contributed by atoms with Crippen LogP contribution in [0.25, 0.3) is 0 Å². The van der Waals surface area contributed by atoms with Gasteiger partial charge in [0.2, 0.25) is 11.8 Å². The minimum Gasteiger partial charge on any atom is -0.480 e. The van der Waals surface area contributed by atoms with Gasteiger partial charge in [-0.25, -0.2) is 4.79 Å². The largest absolute Gasteiger partial charge is 0.480 e. The maximum absolute atomic E-state index is 12.2. The van der Waals surface area contributed by atoms with E-state index in [2.05, 4.69) is 5.32 Å². The smallest absolute Gasteiger partial charge is 0.326 e. The van der Waals surface area contributed by atoms with E-state index in [1.807, 2.05) is 0 Å². The van der Waals surface area contributed by atoms with Crippen molar-refractivity contribution < 1.29 is 19.5 Å². The Morgan fingerprint density at radius 2 is 1.95 bits per heavy atom. The summed E-state index contributed by atoms with van der Waals surface area (Å²) in [6.45, 7) is 5.72. The van der Waals surface area contributed by atoms with Gasteiger partial charge in [-0.05, 0) is 18.3 Å². The Morgan fingerprint density at radius 1 is 1.35 bits per heavy atom. The Labute approximate surface area is 118 Å². The van der Waals surface area contributed by atoms with Crippen LogP contribution in [-0.2, 0) is 14.4 Å². The van der Waals surface area contributed by atoms with E-state index in [0.717, 1.165) is 12.8 Å². The molecule has 1 aliphatic heterocycles. The molecule has 1 aliphatic carbocycles. The van der Waals surface area contributed by atoms with Crippen LogP contribution in [0.15, 0.2) is 0 Å². The average molecular weight is 282 g/mol. The van der Waals surface area contributed by atoms with Gasteiger partial charge in [0.1, 0.15) is 6.04 Å². The number of aliphatic carboxylic acids is 1. The fourth-order valence-corrected chi connectivity index (χ4v) is 2.56. The maximum Gasteiger partial charge on any atom is 0.326 e. The first-order valence-corrected chi connectivity index (χ1v) is 7.03. The molecule has 1 heterocycles. The van der Waals surface area contributed by atoms with Crippen LogP contribution in [-0.4, -0.2) is 46.4 Å². The highest BCUT2D eigenvalue weighted by Crippen LogP contribution is 2.32. The Kier molecular flexibility index (Phi) is 3.75. The number of nitrogens with one attached hydrogen (secondary N) is 1. The van der Waals surface area contributed by atoms with Crippen molar-refractivity contribution in [2.75, 3.05) is 6.54 Å². The van der Waals surface area contributed by atoms with Crippen molar-refractivity contribution in [3.8, 4) is 0 Å². The van der Waals surface area contributed by atoms with Crippen molar-refractivity contribution in [1.29, 1.82) is 0 Å². The summed E-state index contributed by atoms with van der Waals surface area (Å²) in [5, 5.41) is 11.8. The standard InChI is InChI=1S/C14H22N2O4/c1-14(2,3)11(13(19)20)15-12(18)8-6-10(17)16(7-8)9-4-5-9/h8-9,11H,4-7H2,1-3H3,(H,15,18)(H,19,20). The van der Waals surface area contributed by atoms with E-state index in [1.54, 1.807) is 25.7 Å². The summed E-state index contributed by atoms with van der Waals surface area (Å²) in [5.74, 6) is -1.79. The first kappa shape index (κ1) is 14.8. The minimum absolute atomic E-state index is 0.00952. The normalized spacial score (nSPS) is 24.6. The maximum atomic E-state index is 12.2. The lowest BCUT2D eigenvalue weighted by molar-refractivity contribution is -0.145. The van der Waals surface area contributed by atoms with E-state index in [4.69, 9.17) is 0 Å². The van der Waals surface area contributed by atoms with E-state index < -0.39 is 23.3 Å². The Bertz CT molecular complexity index is 437. The lowest BCUT2D eigenvalue weighted by atomic mass is 9.86. The van der Waals surface area contributed by atoms with Crippen LogP contribution < -0.4 is 5.32 Å². The van der Waals surface area contributed by atoms with Crippen molar-refractivity contribution in [2.24, 2.45) is 11.3 Å². The molecule has 2 N–H and O–H groups in total. The predicted molar refractivity (Wildman–Crippen MR) is 71.9 cm³/mol. The summed E-state index contributed by atoms with van der Waals surface area (Å²) in [6, 6.07) is -0.640. The molecule has 0 bridgehead atoms. The van der Waals surface area contributed by atoms with E-state index in [-0.39, 0.29) is 18.2 Å². The van der Waals surface area contributed by atoms with Gasteiger partial charge in [-0.15, -0.1) is 0 Å². The number of carbonyl (C=O) groups is 3. The molecule has 1 saturated carbocycles. The van der Waals surface area contributed by atoms with Crippen molar-refractivity contribution in [1.82, 2.24) is 10.2 Å². The minimum atomic E-state index is -1.05. The first-order valence-electron chi connectivity index (χ1n) is 7.03. The van der Waals surface area contributed by atoms with Crippen LogP contribution in [0.5, 0.6) is 0 Å². The van der Waals surface area contributed by atoms with Gasteiger partial charge >= 0.3 is 5.97 Å². The Hall–Kier alpha value is -1.59. The van der Waals surface area contributed by atoms with Crippen molar-refractivity contribution in [2.45, 2.75) is 52.1 Å². The average Bonchev–Trinajstić information content (AvgIpc) is 3.07. The van der Waals surface area contributed by atoms with Crippen LogP contribution >= 0.6 is 0 Å². The number of amides is 2. The van der Waals surface area contributed by atoms with E-state index >= 15 is 0 Å². The summed E-state index contributed by atoms with van der Waals surface area (Å²) >= 11 is 0. The number of hydrogen-bond acceptors (Lipinski definition) is 3. The second-order valence-electron chi connectivity index (χ2n) is 6.82. The van der Waals surface area contributed by atoms with Crippen LogP contribution in [0.2, 0.25) is 0 Å². The quantitative estimate of drug-likeness (QED) is 0.791. The van der Waals surface area contributed by atoms with E-state index in [0.29, 0.717) is 12.6 Å². The molecule has 2 amide bonds. The topological polar surface area (TPSA) is 86.7 Å². The molecule has 6 nitrogen and oxygen atoms in total. The molecule has 20 heavy (non-hydrogen) atoms. The molecule has 2 aliphatic rings. The monoisotopic (exact) mass is 282 g/mol. The SMILES string of the molecule is CC(C)(C)C(NC(=O)C1CC(=O)N(C2CC2)C1)C(=O)O. The number of hydrogen-bond donors (Lipinski definition) is 2. The summed E-state index contributed by atoms with van der Waals surface area (Å²) in [7, 11) is 0. The van der Waals surface area contributed by atoms with Gasteiger partial charge < -0.3 is 15.3 Å². The van der Waals surface area contributed by atoms with Crippen LogP contribution in [0.4, 0.5) is 0 Å². The number of nitrogens with zero attached hydrogens (tertiary/aromatic N) is 1. The fourth-order valence-electron chi connectivity index (χ4n) is 2.56. The second kappa shape index (κ2) is 5.07. The lowest BCUT2D eigenvalue weighted by Gasteiger charge is -2.28. The molecule has 0 aromatic carbocycles. The highest BCUT2D eigenvalue weighted by molar-refractivity contribution is 5.91. The molecule has 0 aromatic heterocycles. The Balaban J connectivity index is 1.97. The third-order valence-electron chi connectivity index (χ3n) is 3.92. The highest BCUT2D eigenvalue weighted by atomic mass is 16.4. The van der Waals surface area contributed by atoms with Gasteiger partial charge in [-0.1, -0.05) is 20.8 Å². The molecule has 1 saturated heterocycles. The van der Waals surface area contributed by atoms with E-state index in [1.165, 1.54) is 0 Å². The molecule has 0 aromatic rings. The molecule has 2 atom stereocenters. The van der Waals surface area contributed by atoms with Crippen LogP contribution in [0, 0.1) is 11.3 Å². The highest BCUT2D eigenvalue weighted by Gasteiger charge is 2.43. The summed E-state index contributed by atoms with van der Waals surface area (Å²) in [5.41, 5.74) is -0.569. The van der Waals surface area contributed by atoms with Gasteiger partial charge in [0.15, 0.2) is 0 Å². The zero-order chi connectivity index (χ0) is 15.1. The number of rotatable bonds is 4. The van der Waals surface area contributed by atoms with Crippen molar-refractivity contribution >= 4 is 17.8 Å². The van der Waals surface area contributed by atoms with Gasteiger partial charge in [0.25, 0.3) is 0 Å². The number of carboxylic acid groups (broad SMARTS) is 1. The summed E-state index contributed by atoms with van der Waals surface area (Å²) < 4.78 is 0. The number of carbonyl (C=O) groups excluding carboxylic acids is 2. The first-order chi connectivity index (χ1) is 9.20. The third-order valence-corrected chi connectivity index (χ3v) is 3.92. The zero-order valence-electron chi connectivity index (χ0n) is 12.2. The molecule has 0 radical (unpaired) electrons. The van der Waals surface area contributed by atoms with Gasteiger partial charge in [0, 0.05) is 19.0 Å². The third kappa shape index (κ3) is 3.11.